The third kappa shape index (κ3) is 5.26. The minimum atomic E-state index is -0.110. The topological polar surface area (TPSA) is 64.0 Å². The first-order chi connectivity index (χ1) is 13.8. The average molecular weight is 410 g/mol. The second-order valence-corrected chi connectivity index (χ2v) is 8.65. The molecule has 1 amide bonds. The molecule has 1 heterocycles. The molecule has 3 aromatic rings. The van der Waals surface area contributed by atoms with Crippen molar-refractivity contribution in [2.75, 3.05) is 11.1 Å². The van der Waals surface area contributed by atoms with Crippen LogP contribution in [0, 0.1) is 19.8 Å². The van der Waals surface area contributed by atoms with Crippen LogP contribution in [0.25, 0.3) is 10.9 Å². The molecule has 6 heteroatoms. The lowest BCUT2D eigenvalue weighted by Crippen LogP contribution is -2.25. The Hall–Kier alpha value is -2.60. The van der Waals surface area contributed by atoms with E-state index in [1.165, 1.54) is 11.8 Å². The maximum atomic E-state index is 13.0. The van der Waals surface area contributed by atoms with Crippen molar-refractivity contribution in [3.63, 3.8) is 0 Å². The Morgan fingerprint density at radius 3 is 2.69 bits per heavy atom. The molecule has 0 radical (unpaired) electrons. The number of carbonyl (C=O) groups excluding carboxylic acids is 1. The van der Waals surface area contributed by atoms with Crippen LogP contribution in [0.1, 0.15) is 31.4 Å². The summed E-state index contributed by atoms with van der Waals surface area (Å²) in [5.41, 5.74) is 3.55. The highest BCUT2D eigenvalue weighted by Gasteiger charge is 2.14. The average Bonchev–Trinajstić information content (AvgIpc) is 2.68. The molecule has 0 saturated carbocycles. The van der Waals surface area contributed by atoms with Crippen molar-refractivity contribution < 1.29 is 4.79 Å². The van der Waals surface area contributed by atoms with Gasteiger partial charge in [0.2, 0.25) is 5.91 Å². The van der Waals surface area contributed by atoms with E-state index in [0.717, 1.165) is 23.2 Å². The van der Waals surface area contributed by atoms with E-state index in [1.807, 2.05) is 50.2 Å². The SMILES string of the molecule is Cc1ccc(C)c(NC(=O)CSc2nc3ccccc3c(=O)n2CCC(C)C)c1. The van der Waals surface area contributed by atoms with Crippen LogP contribution in [0.15, 0.2) is 52.4 Å². The van der Waals surface area contributed by atoms with Crippen molar-refractivity contribution >= 4 is 34.3 Å². The number of hydrogen-bond acceptors (Lipinski definition) is 4. The number of aryl methyl sites for hydroxylation is 2. The van der Waals surface area contributed by atoms with Crippen molar-refractivity contribution in [2.45, 2.75) is 45.8 Å². The number of aromatic nitrogens is 2. The fourth-order valence-corrected chi connectivity index (χ4v) is 3.85. The van der Waals surface area contributed by atoms with Crippen molar-refractivity contribution in [3.05, 3.63) is 63.9 Å². The molecular weight excluding hydrogens is 382 g/mol. The molecule has 5 nitrogen and oxygen atoms in total. The summed E-state index contributed by atoms with van der Waals surface area (Å²) in [6.45, 7) is 8.82. The predicted octanol–water partition coefficient (Wildman–Crippen LogP) is 4.79. The summed E-state index contributed by atoms with van der Waals surface area (Å²) in [7, 11) is 0. The van der Waals surface area contributed by atoms with Gasteiger partial charge in [-0.3, -0.25) is 14.2 Å². The Morgan fingerprint density at radius 2 is 1.93 bits per heavy atom. The fourth-order valence-electron chi connectivity index (χ4n) is 3.03. The van der Waals surface area contributed by atoms with Crippen LogP contribution in [-0.2, 0) is 11.3 Å². The summed E-state index contributed by atoms with van der Waals surface area (Å²) < 4.78 is 1.71. The molecule has 152 valence electrons. The van der Waals surface area contributed by atoms with Gasteiger partial charge in [-0.2, -0.15) is 0 Å². The molecule has 0 bridgehead atoms. The number of benzene rings is 2. The Morgan fingerprint density at radius 1 is 1.17 bits per heavy atom. The molecule has 0 spiro atoms. The highest BCUT2D eigenvalue weighted by molar-refractivity contribution is 7.99. The van der Waals surface area contributed by atoms with Crippen molar-refractivity contribution in [2.24, 2.45) is 5.92 Å². The second-order valence-electron chi connectivity index (χ2n) is 7.71. The van der Waals surface area contributed by atoms with E-state index in [4.69, 9.17) is 0 Å². The van der Waals surface area contributed by atoms with Gasteiger partial charge in [-0.1, -0.05) is 49.9 Å². The monoisotopic (exact) mass is 409 g/mol. The van der Waals surface area contributed by atoms with E-state index < -0.39 is 0 Å². The highest BCUT2D eigenvalue weighted by Crippen LogP contribution is 2.21. The van der Waals surface area contributed by atoms with Crippen LogP contribution in [0.2, 0.25) is 0 Å². The quantitative estimate of drug-likeness (QED) is 0.450. The molecule has 3 rings (SSSR count). The van der Waals surface area contributed by atoms with Gasteiger partial charge < -0.3 is 5.32 Å². The number of para-hydroxylation sites is 1. The summed E-state index contributed by atoms with van der Waals surface area (Å²) in [4.78, 5) is 30.2. The normalized spacial score (nSPS) is 11.2. The maximum Gasteiger partial charge on any atom is 0.262 e. The lowest BCUT2D eigenvalue weighted by molar-refractivity contribution is -0.113. The summed E-state index contributed by atoms with van der Waals surface area (Å²) >= 11 is 1.30. The number of nitrogens with one attached hydrogen (secondary N) is 1. The van der Waals surface area contributed by atoms with Gasteiger partial charge in [-0.05, 0) is 55.5 Å². The largest absolute Gasteiger partial charge is 0.325 e. The minimum Gasteiger partial charge on any atom is -0.325 e. The molecule has 1 aromatic heterocycles. The Balaban J connectivity index is 1.82. The van der Waals surface area contributed by atoms with Crippen molar-refractivity contribution in [3.8, 4) is 0 Å². The molecule has 0 aliphatic heterocycles. The van der Waals surface area contributed by atoms with Crippen LogP contribution < -0.4 is 10.9 Å². The molecule has 0 unspecified atom stereocenters. The highest BCUT2D eigenvalue weighted by atomic mass is 32.2. The first kappa shape index (κ1) is 21.1. The second kappa shape index (κ2) is 9.27. The van der Waals surface area contributed by atoms with E-state index in [2.05, 4.69) is 24.1 Å². The number of carbonyl (C=O) groups is 1. The lowest BCUT2D eigenvalue weighted by Gasteiger charge is -2.14. The molecule has 2 aromatic carbocycles. The lowest BCUT2D eigenvalue weighted by atomic mass is 10.1. The van der Waals surface area contributed by atoms with Crippen LogP contribution in [0.3, 0.4) is 0 Å². The van der Waals surface area contributed by atoms with E-state index in [-0.39, 0.29) is 17.2 Å². The summed E-state index contributed by atoms with van der Waals surface area (Å²) in [6, 6.07) is 13.3. The maximum absolute atomic E-state index is 13.0. The number of rotatable bonds is 7. The standard InChI is InChI=1S/C23H27N3O2S/c1-15(2)11-12-26-22(28)18-7-5-6-8-19(18)25-23(26)29-14-21(27)24-20-13-16(3)9-10-17(20)4/h5-10,13,15H,11-12,14H2,1-4H3,(H,24,27). The van der Waals surface area contributed by atoms with E-state index in [0.29, 0.717) is 28.5 Å². The molecule has 0 fully saturated rings. The number of hydrogen-bond donors (Lipinski definition) is 1. The predicted molar refractivity (Wildman–Crippen MR) is 121 cm³/mol. The van der Waals surface area contributed by atoms with E-state index >= 15 is 0 Å². The van der Waals surface area contributed by atoms with Gasteiger partial charge in [0.25, 0.3) is 5.56 Å². The Labute approximate surface area is 175 Å². The van der Waals surface area contributed by atoms with E-state index in [9.17, 15) is 9.59 Å². The van der Waals surface area contributed by atoms with E-state index in [1.54, 1.807) is 10.6 Å². The van der Waals surface area contributed by atoms with Gasteiger partial charge in [-0.25, -0.2) is 4.98 Å². The van der Waals surface area contributed by atoms with Gasteiger partial charge in [0, 0.05) is 12.2 Å². The van der Waals surface area contributed by atoms with Crippen molar-refractivity contribution in [1.82, 2.24) is 9.55 Å². The van der Waals surface area contributed by atoms with Gasteiger partial charge in [0.05, 0.1) is 16.7 Å². The fraction of sp³-hybridized carbons (Fsp3) is 0.348. The first-order valence-electron chi connectivity index (χ1n) is 9.84. The zero-order valence-corrected chi connectivity index (χ0v) is 18.2. The number of nitrogens with zero attached hydrogens (tertiary/aromatic N) is 2. The van der Waals surface area contributed by atoms with Crippen LogP contribution in [0.5, 0.6) is 0 Å². The van der Waals surface area contributed by atoms with Gasteiger partial charge in [0.1, 0.15) is 0 Å². The van der Waals surface area contributed by atoms with Crippen LogP contribution in [-0.4, -0.2) is 21.2 Å². The van der Waals surface area contributed by atoms with Crippen LogP contribution >= 0.6 is 11.8 Å². The molecule has 0 aliphatic carbocycles. The molecule has 0 saturated heterocycles. The smallest absolute Gasteiger partial charge is 0.262 e. The van der Waals surface area contributed by atoms with Crippen LogP contribution in [0.4, 0.5) is 5.69 Å². The first-order valence-corrected chi connectivity index (χ1v) is 10.8. The molecular formula is C23H27N3O2S. The minimum absolute atomic E-state index is 0.0475. The summed E-state index contributed by atoms with van der Waals surface area (Å²) in [5, 5.41) is 4.17. The summed E-state index contributed by atoms with van der Waals surface area (Å²) in [5.74, 6) is 0.556. The Kier molecular flexibility index (Phi) is 6.75. The van der Waals surface area contributed by atoms with Gasteiger partial charge >= 0.3 is 0 Å². The number of fused-ring (bicyclic) bond motifs is 1. The zero-order chi connectivity index (χ0) is 21.0. The third-order valence-corrected chi connectivity index (χ3v) is 5.73. The zero-order valence-electron chi connectivity index (χ0n) is 17.4. The molecule has 1 N–H and O–H groups in total. The van der Waals surface area contributed by atoms with Crippen molar-refractivity contribution in [1.29, 1.82) is 0 Å². The van der Waals surface area contributed by atoms with Gasteiger partial charge in [0.15, 0.2) is 5.16 Å². The van der Waals surface area contributed by atoms with Gasteiger partial charge in [-0.15, -0.1) is 0 Å². The number of anilines is 1. The Bertz CT molecular complexity index is 1090. The number of thioether (sulfide) groups is 1. The third-order valence-electron chi connectivity index (χ3n) is 4.76. The summed E-state index contributed by atoms with van der Waals surface area (Å²) in [6.07, 6.45) is 0.877. The molecule has 29 heavy (non-hydrogen) atoms. The number of amides is 1. The molecule has 0 aliphatic rings. The molecule has 0 atom stereocenters.